The maximum absolute atomic E-state index is 12.2. The highest BCUT2D eigenvalue weighted by molar-refractivity contribution is 6.33. The topological polar surface area (TPSA) is 67.6 Å². The van der Waals surface area contributed by atoms with E-state index in [1.165, 1.54) is 7.11 Å². The van der Waals surface area contributed by atoms with Crippen molar-refractivity contribution < 1.29 is 9.53 Å². The smallest absolute Gasteiger partial charge is 0.225 e. The molecule has 1 aromatic rings. The van der Waals surface area contributed by atoms with E-state index in [9.17, 15) is 4.79 Å². The molecule has 124 valence electrons. The van der Waals surface area contributed by atoms with Crippen molar-refractivity contribution in [3.63, 3.8) is 0 Å². The number of nitrogens with one attached hydrogen (secondary N) is 1. The van der Waals surface area contributed by atoms with Gasteiger partial charge in [-0.1, -0.05) is 11.6 Å². The van der Waals surface area contributed by atoms with Crippen LogP contribution in [0.25, 0.3) is 0 Å². The highest BCUT2D eigenvalue weighted by atomic mass is 35.5. The summed E-state index contributed by atoms with van der Waals surface area (Å²) in [6.07, 6.45) is 0.404. The summed E-state index contributed by atoms with van der Waals surface area (Å²) in [4.78, 5) is 14.4. The first-order valence-electron chi connectivity index (χ1n) is 7.44. The van der Waals surface area contributed by atoms with E-state index >= 15 is 0 Å². The minimum absolute atomic E-state index is 0.0783. The number of rotatable bonds is 7. The van der Waals surface area contributed by atoms with Crippen LogP contribution in [0.4, 0.5) is 11.4 Å². The first kappa shape index (κ1) is 18.6. The van der Waals surface area contributed by atoms with Gasteiger partial charge in [0.1, 0.15) is 5.75 Å². The zero-order valence-electron chi connectivity index (χ0n) is 13.9. The van der Waals surface area contributed by atoms with Crippen LogP contribution in [0.2, 0.25) is 5.02 Å². The Morgan fingerprint density at radius 1 is 1.32 bits per heavy atom. The van der Waals surface area contributed by atoms with E-state index in [4.69, 9.17) is 22.1 Å². The van der Waals surface area contributed by atoms with Crippen LogP contribution in [0.3, 0.4) is 0 Å². The van der Waals surface area contributed by atoms with Crippen LogP contribution in [-0.2, 0) is 4.79 Å². The van der Waals surface area contributed by atoms with Crippen molar-refractivity contribution in [3.05, 3.63) is 17.2 Å². The Morgan fingerprint density at radius 3 is 2.41 bits per heavy atom. The molecule has 0 aliphatic rings. The zero-order valence-corrected chi connectivity index (χ0v) is 14.7. The summed E-state index contributed by atoms with van der Waals surface area (Å²) in [6, 6.07) is 4.00. The van der Waals surface area contributed by atoms with Crippen LogP contribution in [0.15, 0.2) is 12.1 Å². The van der Waals surface area contributed by atoms with E-state index in [1.54, 1.807) is 12.1 Å². The van der Waals surface area contributed by atoms with E-state index < -0.39 is 0 Å². The fourth-order valence-corrected chi connectivity index (χ4v) is 2.56. The second-order valence-corrected chi connectivity index (χ2v) is 6.20. The fraction of sp³-hybridized carbons (Fsp3) is 0.562. The average Bonchev–Trinajstić information content (AvgIpc) is 2.41. The lowest BCUT2D eigenvalue weighted by Gasteiger charge is -2.30. The third-order valence-electron chi connectivity index (χ3n) is 3.52. The number of nitrogens with zero attached hydrogens (tertiary/aromatic N) is 1. The van der Waals surface area contributed by atoms with Gasteiger partial charge in [-0.2, -0.15) is 0 Å². The predicted molar refractivity (Wildman–Crippen MR) is 92.6 cm³/mol. The van der Waals surface area contributed by atoms with Crippen molar-refractivity contribution in [2.75, 3.05) is 24.7 Å². The molecule has 0 saturated carbocycles. The lowest BCUT2D eigenvalue weighted by Crippen LogP contribution is -2.39. The number of hydrogen-bond donors (Lipinski definition) is 2. The molecule has 1 rings (SSSR count). The van der Waals surface area contributed by atoms with E-state index in [1.807, 2.05) is 0 Å². The summed E-state index contributed by atoms with van der Waals surface area (Å²) < 4.78 is 5.22. The summed E-state index contributed by atoms with van der Waals surface area (Å²) in [5.41, 5.74) is 6.68. The molecule has 1 aromatic carbocycles. The van der Waals surface area contributed by atoms with Crippen LogP contribution in [-0.4, -0.2) is 36.5 Å². The SMILES string of the molecule is COc1cc(N)c(Cl)cc1NC(=O)CCN(C(C)C)C(C)C. The molecule has 0 radical (unpaired) electrons. The quantitative estimate of drug-likeness (QED) is 0.753. The number of halogens is 1. The largest absolute Gasteiger partial charge is 0.494 e. The van der Waals surface area contributed by atoms with Gasteiger partial charge in [0.25, 0.3) is 0 Å². The van der Waals surface area contributed by atoms with Gasteiger partial charge in [0.2, 0.25) is 5.91 Å². The summed E-state index contributed by atoms with van der Waals surface area (Å²) in [7, 11) is 1.53. The third kappa shape index (κ3) is 5.07. The van der Waals surface area contributed by atoms with Crippen molar-refractivity contribution in [2.24, 2.45) is 0 Å². The Kier molecular flexibility index (Phi) is 6.97. The molecule has 5 nitrogen and oxygen atoms in total. The summed E-state index contributed by atoms with van der Waals surface area (Å²) in [5, 5.41) is 3.22. The summed E-state index contributed by atoms with van der Waals surface area (Å²) in [6.45, 7) is 9.20. The van der Waals surface area contributed by atoms with Crippen molar-refractivity contribution in [2.45, 2.75) is 46.2 Å². The number of nitrogen functional groups attached to an aromatic ring is 1. The number of carbonyl (C=O) groups excluding carboxylic acids is 1. The minimum Gasteiger partial charge on any atom is -0.494 e. The van der Waals surface area contributed by atoms with Gasteiger partial charge in [-0.15, -0.1) is 0 Å². The maximum atomic E-state index is 12.2. The van der Waals surface area contributed by atoms with Crippen molar-refractivity contribution in [1.82, 2.24) is 4.90 Å². The van der Waals surface area contributed by atoms with Crippen LogP contribution >= 0.6 is 11.6 Å². The van der Waals surface area contributed by atoms with Crippen LogP contribution in [0.1, 0.15) is 34.1 Å². The number of hydrogen-bond acceptors (Lipinski definition) is 4. The Morgan fingerprint density at radius 2 is 1.91 bits per heavy atom. The number of anilines is 2. The zero-order chi connectivity index (χ0) is 16.9. The number of nitrogens with two attached hydrogens (primary N) is 1. The summed E-state index contributed by atoms with van der Waals surface area (Å²) in [5.74, 6) is 0.422. The fourth-order valence-electron chi connectivity index (χ4n) is 2.39. The van der Waals surface area contributed by atoms with Gasteiger partial charge in [-0.25, -0.2) is 0 Å². The van der Waals surface area contributed by atoms with Crippen LogP contribution in [0, 0.1) is 0 Å². The molecule has 0 aromatic heterocycles. The van der Waals surface area contributed by atoms with Gasteiger partial charge in [-0.3, -0.25) is 9.69 Å². The highest BCUT2D eigenvalue weighted by Gasteiger charge is 2.16. The molecule has 0 bridgehead atoms. The first-order valence-corrected chi connectivity index (χ1v) is 7.82. The maximum Gasteiger partial charge on any atom is 0.225 e. The number of benzene rings is 1. The molecule has 6 heteroatoms. The predicted octanol–water partition coefficient (Wildman–Crippen LogP) is 3.38. The molecule has 3 N–H and O–H groups in total. The Balaban J connectivity index is 2.71. The van der Waals surface area contributed by atoms with E-state index in [0.717, 1.165) is 0 Å². The molecular formula is C16H26ClN3O2. The highest BCUT2D eigenvalue weighted by Crippen LogP contribution is 2.32. The van der Waals surface area contributed by atoms with E-state index in [-0.39, 0.29) is 5.91 Å². The van der Waals surface area contributed by atoms with Crippen molar-refractivity contribution in [3.8, 4) is 5.75 Å². The minimum atomic E-state index is -0.0783. The van der Waals surface area contributed by atoms with E-state index in [2.05, 4.69) is 37.9 Å². The Hall–Kier alpha value is -1.46. The number of ether oxygens (including phenoxy) is 1. The number of carbonyl (C=O) groups is 1. The number of amides is 1. The Labute approximate surface area is 137 Å². The molecule has 0 aliphatic carbocycles. The molecule has 22 heavy (non-hydrogen) atoms. The standard InChI is InChI=1S/C16H26ClN3O2/c1-10(2)20(11(3)4)7-6-16(21)19-14-8-12(17)13(18)9-15(14)22-5/h8-11H,6-7,18H2,1-5H3,(H,19,21). The van der Waals surface area contributed by atoms with Crippen LogP contribution < -0.4 is 15.8 Å². The molecule has 0 heterocycles. The van der Waals surface area contributed by atoms with Crippen molar-refractivity contribution in [1.29, 1.82) is 0 Å². The van der Waals surface area contributed by atoms with Crippen LogP contribution in [0.5, 0.6) is 5.75 Å². The summed E-state index contributed by atoms with van der Waals surface area (Å²) >= 11 is 6.00. The molecule has 0 spiro atoms. The second-order valence-electron chi connectivity index (χ2n) is 5.80. The average molecular weight is 328 g/mol. The van der Waals surface area contributed by atoms with Gasteiger partial charge in [0.05, 0.1) is 23.5 Å². The van der Waals surface area contributed by atoms with Gasteiger partial charge in [0.15, 0.2) is 0 Å². The molecule has 0 unspecified atom stereocenters. The monoisotopic (exact) mass is 327 g/mol. The number of methoxy groups -OCH3 is 1. The lowest BCUT2D eigenvalue weighted by molar-refractivity contribution is -0.116. The molecule has 0 atom stereocenters. The third-order valence-corrected chi connectivity index (χ3v) is 3.84. The van der Waals surface area contributed by atoms with Crippen molar-refractivity contribution >= 4 is 28.9 Å². The second kappa shape index (κ2) is 8.25. The molecule has 1 amide bonds. The van der Waals surface area contributed by atoms with Gasteiger partial charge >= 0.3 is 0 Å². The van der Waals surface area contributed by atoms with Gasteiger partial charge < -0.3 is 15.8 Å². The Bertz CT molecular complexity index is 510. The molecule has 0 fully saturated rings. The van der Waals surface area contributed by atoms with E-state index in [0.29, 0.717) is 47.2 Å². The first-order chi connectivity index (χ1) is 10.3. The molecular weight excluding hydrogens is 302 g/mol. The van der Waals surface area contributed by atoms with Gasteiger partial charge in [-0.05, 0) is 33.8 Å². The van der Waals surface area contributed by atoms with Gasteiger partial charge in [0, 0.05) is 31.1 Å². The molecule has 0 aliphatic heterocycles. The lowest BCUT2D eigenvalue weighted by atomic mass is 10.2. The molecule has 0 saturated heterocycles. The normalized spacial score (nSPS) is 11.3.